The Morgan fingerprint density at radius 1 is 0.677 bits per heavy atom. The van der Waals surface area contributed by atoms with Crippen LogP contribution in [0.5, 0.6) is 0 Å². The van der Waals surface area contributed by atoms with Crippen LogP contribution in [-0.2, 0) is 40.7 Å². The highest BCUT2D eigenvalue weighted by Crippen LogP contribution is 2.37. The van der Waals surface area contributed by atoms with Gasteiger partial charge >= 0.3 is 6.03 Å². The summed E-state index contributed by atoms with van der Waals surface area (Å²) in [7, 11) is 0. The van der Waals surface area contributed by atoms with Gasteiger partial charge in [-0.2, -0.15) is 4.99 Å². The molecule has 0 atom stereocenters. The first-order valence-electron chi connectivity index (χ1n) is 19.1. The highest BCUT2D eigenvalue weighted by atomic mass is 19.1. The van der Waals surface area contributed by atoms with Crippen LogP contribution in [-0.4, -0.2) is 41.2 Å². The van der Waals surface area contributed by atoms with Crippen molar-refractivity contribution in [2.45, 2.75) is 40.3 Å². The second-order valence-corrected chi connectivity index (χ2v) is 14.3. The van der Waals surface area contributed by atoms with Crippen LogP contribution in [0.2, 0.25) is 0 Å². The zero-order chi connectivity index (χ0) is 43.5. The summed E-state index contributed by atoms with van der Waals surface area (Å²) in [6.45, 7) is 5.66. The highest BCUT2D eigenvalue weighted by Gasteiger charge is 2.27. The number of nitrogens with one attached hydrogen (secondary N) is 2. The number of hydrogen-bond acceptors (Lipinski definition) is 12. The van der Waals surface area contributed by atoms with Gasteiger partial charge in [0.15, 0.2) is 11.6 Å². The van der Waals surface area contributed by atoms with Gasteiger partial charge in [0.2, 0.25) is 6.08 Å². The van der Waals surface area contributed by atoms with E-state index >= 15 is 0 Å². The Labute approximate surface area is 352 Å². The number of hydrogen-bond donors (Lipinski definition) is 5. The molecule has 0 bridgehead atoms. The molecule has 8 N–H and O–H groups in total. The lowest BCUT2D eigenvalue weighted by Crippen LogP contribution is -2.20. The van der Waals surface area contributed by atoms with Crippen LogP contribution in [0.25, 0.3) is 33.4 Å². The second-order valence-electron chi connectivity index (χ2n) is 14.3. The van der Waals surface area contributed by atoms with E-state index in [1.807, 2.05) is 47.9 Å². The molecule has 0 radical (unpaired) electrons. The molecule has 0 spiro atoms. The van der Waals surface area contributed by atoms with Crippen LogP contribution < -0.4 is 27.8 Å². The Morgan fingerprint density at radius 3 is 1.74 bits per heavy atom. The summed E-state index contributed by atoms with van der Waals surface area (Å²) in [6, 6.07) is 23.2. The predicted molar refractivity (Wildman–Crippen MR) is 231 cm³/mol. The number of carbonyl (C=O) groups excluding carboxylic acids is 2. The SMILES string of the molecule is Cc1ccc(F)c(N=C=O)c1.Cc1ccc(F)c(NC(=O)Nc2ccc(-n3c4c(c5ncnc(N)c53)COC4)cc2)c1.Nc1ccc(-n2c3c(c4ncnc(N)c42)COC3)cc1. The largest absolute Gasteiger partial charge is 0.399 e. The topological polar surface area (TPSA) is 228 Å². The monoisotopic (exact) mass is 836 g/mol. The van der Waals surface area contributed by atoms with E-state index in [0.29, 0.717) is 43.8 Å². The highest BCUT2D eigenvalue weighted by molar-refractivity contribution is 6.00. The molecule has 18 heteroatoms. The molecule has 0 saturated carbocycles. The van der Waals surface area contributed by atoms with Gasteiger partial charge in [0.1, 0.15) is 52.0 Å². The summed E-state index contributed by atoms with van der Waals surface area (Å²) in [5.74, 6) is -0.132. The fourth-order valence-corrected chi connectivity index (χ4v) is 7.25. The van der Waals surface area contributed by atoms with E-state index in [1.54, 1.807) is 37.3 Å². The number of nitrogens with two attached hydrogens (primary N) is 3. The molecule has 0 unspecified atom stereocenters. The van der Waals surface area contributed by atoms with Gasteiger partial charge in [-0.1, -0.05) is 12.1 Å². The Bertz CT molecular complexity index is 3040. The zero-order valence-electron chi connectivity index (χ0n) is 33.3. The first kappa shape index (κ1) is 40.7. The Morgan fingerprint density at radius 2 is 1.19 bits per heavy atom. The quantitative estimate of drug-likeness (QED) is 0.0637. The molecule has 0 aliphatic carbocycles. The summed E-state index contributed by atoms with van der Waals surface area (Å²) in [5, 5.41) is 5.24. The number of urea groups is 1. The molecular weight excluding hydrogens is 799 g/mol. The van der Waals surface area contributed by atoms with Crippen LogP contribution in [0.1, 0.15) is 33.6 Å². The molecular formula is C44H38F2N12O4. The number of ether oxygens (including phenoxy) is 2. The average Bonchev–Trinajstić information content (AvgIpc) is 4.05. The molecule has 2 aliphatic heterocycles. The van der Waals surface area contributed by atoms with Gasteiger partial charge in [-0.15, -0.1) is 0 Å². The third-order valence-corrected chi connectivity index (χ3v) is 10.1. The van der Waals surface area contributed by atoms with Crippen molar-refractivity contribution in [3.8, 4) is 11.4 Å². The molecule has 312 valence electrons. The standard InChI is InChI=1S/C22H19FN6O2.C14H13N5O.C8H6FNO/c1-12-2-7-16(23)17(8-12)28-22(30)27-13-3-5-14(6-4-13)29-18-10-31-9-15(18)19-20(29)21(24)26-11-25-19;15-8-1-3-9(4-2-8)19-11-6-20-5-10(11)12-13(19)14(16)18-7-17-12;1-6-2-3-7(9)8(4-6)10-5-11/h2-8,11H,9-10H2,1H3,(H2,24,25,26)(H2,27,28,30);1-4,7H,5-6,15H2,(H2,16,17,18);2-4H,1H3. The van der Waals surface area contributed by atoms with Gasteiger partial charge in [0, 0.05) is 33.9 Å². The normalized spacial score (nSPS) is 12.4. The van der Waals surface area contributed by atoms with Gasteiger partial charge in [0.05, 0.1) is 43.5 Å². The van der Waals surface area contributed by atoms with E-state index < -0.39 is 17.7 Å². The number of halogens is 2. The lowest BCUT2D eigenvalue weighted by molar-refractivity contribution is 0.132. The number of isocyanates is 1. The van der Waals surface area contributed by atoms with Crippen molar-refractivity contribution in [1.82, 2.24) is 29.1 Å². The maximum atomic E-state index is 13.9. The number of aryl methyl sites for hydroxylation is 2. The third-order valence-electron chi connectivity index (χ3n) is 10.1. The molecule has 62 heavy (non-hydrogen) atoms. The predicted octanol–water partition coefficient (Wildman–Crippen LogP) is 7.84. The summed E-state index contributed by atoms with van der Waals surface area (Å²) >= 11 is 0. The van der Waals surface area contributed by atoms with Gasteiger partial charge in [-0.3, -0.25) is 0 Å². The minimum Gasteiger partial charge on any atom is -0.399 e. The van der Waals surface area contributed by atoms with E-state index in [2.05, 4.69) is 40.1 Å². The molecule has 6 heterocycles. The fourth-order valence-electron chi connectivity index (χ4n) is 7.25. The molecule has 2 aliphatic rings. The number of rotatable bonds is 5. The zero-order valence-corrected chi connectivity index (χ0v) is 33.3. The van der Waals surface area contributed by atoms with Crippen molar-refractivity contribution < 1.29 is 27.8 Å². The molecule has 4 aromatic heterocycles. The van der Waals surface area contributed by atoms with Crippen molar-refractivity contribution in [3.05, 3.63) is 143 Å². The van der Waals surface area contributed by atoms with E-state index in [1.165, 1.54) is 36.9 Å². The molecule has 8 aromatic rings. The Hall–Kier alpha value is -8.05. The second kappa shape index (κ2) is 17.3. The van der Waals surface area contributed by atoms with Gasteiger partial charge in [-0.05, 0) is 97.8 Å². The number of nitrogen functional groups attached to an aromatic ring is 3. The van der Waals surface area contributed by atoms with Crippen molar-refractivity contribution in [2.24, 2.45) is 4.99 Å². The first-order chi connectivity index (χ1) is 30.0. The lowest BCUT2D eigenvalue weighted by atomic mass is 10.2. The van der Waals surface area contributed by atoms with E-state index in [-0.39, 0.29) is 11.4 Å². The van der Waals surface area contributed by atoms with Crippen molar-refractivity contribution >= 4 is 68.6 Å². The summed E-state index contributed by atoms with van der Waals surface area (Å²) in [5.41, 5.74) is 30.3. The van der Waals surface area contributed by atoms with Gasteiger partial charge < -0.3 is 46.4 Å². The van der Waals surface area contributed by atoms with Crippen LogP contribution in [0.3, 0.4) is 0 Å². The number of benzene rings is 4. The van der Waals surface area contributed by atoms with E-state index in [0.717, 1.165) is 72.8 Å². The minimum absolute atomic E-state index is 0.0417. The lowest BCUT2D eigenvalue weighted by Gasteiger charge is -2.12. The van der Waals surface area contributed by atoms with Crippen LogP contribution in [0.4, 0.5) is 48.0 Å². The average molecular weight is 837 g/mol. The summed E-state index contributed by atoms with van der Waals surface area (Å²) in [6.07, 6.45) is 4.22. The van der Waals surface area contributed by atoms with Crippen LogP contribution in [0, 0.1) is 25.5 Å². The number of amides is 2. The molecule has 10 rings (SSSR count). The van der Waals surface area contributed by atoms with Gasteiger partial charge in [0.25, 0.3) is 0 Å². The smallest absolute Gasteiger partial charge is 0.323 e. The van der Waals surface area contributed by atoms with Crippen molar-refractivity contribution in [2.75, 3.05) is 27.8 Å². The minimum atomic E-state index is -0.532. The number of aliphatic imine (C=N–C) groups is 1. The Balaban J connectivity index is 0.000000145. The number of carbonyl (C=O) groups is 1. The maximum absolute atomic E-state index is 13.9. The maximum Gasteiger partial charge on any atom is 0.323 e. The van der Waals surface area contributed by atoms with Crippen molar-refractivity contribution in [3.63, 3.8) is 0 Å². The molecule has 0 saturated heterocycles. The summed E-state index contributed by atoms with van der Waals surface area (Å²) < 4.78 is 41.7. The number of fused-ring (bicyclic) bond motifs is 6. The van der Waals surface area contributed by atoms with Crippen LogP contribution in [0.15, 0.2) is 103 Å². The number of nitrogens with zero attached hydrogens (tertiary/aromatic N) is 7. The molecule has 0 fully saturated rings. The van der Waals surface area contributed by atoms with Crippen LogP contribution >= 0.6 is 0 Å². The van der Waals surface area contributed by atoms with Gasteiger partial charge in [-0.25, -0.2) is 38.3 Å². The molecule has 16 nitrogen and oxygen atoms in total. The Kier molecular flexibility index (Phi) is 11.3. The van der Waals surface area contributed by atoms with E-state index in [4.69, 9.17) is 26.7 Å². The number of anilines is 5. The summed E-state index contributed by atoms with van der Waals surface area (Å²) in [4.78, 5) is 42.2. The molecule has 2 amide bonds. The fraction of sp³-hybridized carbons (Fsp3) is 0.136. The number of aromatic nitrogens is 6. The van der Waals surface area contributed by atoms with E-state index in [9.17, 15) is 18.4 Å². The molecule has 4 aromatic carbocycles. The third kappa shape index (κ3) is 8.11. The first-order valence-corrected chi connectivity index (χ1v) is 19.1. The van der Waals surface area contributed by atoms with Crippen molar-refractivity contribution in [1.29, 1.82) is 0 Å².